The summed E-state index contributed by atoms with van der Waals surface area (Å²) in [6.07, 6.45) is 0. The lowest BCUT2D eigenvalue weighted by Crippen LogP contribution is -1.97. The Balaban J connectivity index is 1.50. The Hall–Kier alpha value is -7.72. The fourth-order valence-corrected chi connectivity index (χ4v) is 7.46. The summed E-state index contributed by atoms with van der Waals surface area (Å²) < 4.78 is 6.08. The van der Waals surface area contributed by atoms with Crippen molar-refractivity contribution in [2.75, 3.05) is 7.11 Å². The van der Waals surface area contributed by atoms with Crippen LogP contribution in [0.25, 0.3) is 77.2 Å². The first-order valence-electron chi connectivity index (χ1n) is 17.0. The summed E-state index contributed by atoms with van der Waals surface area (Å²) in [4.78, 5) is 0. The number of rotatable bonds is 6. The van der Waals surface area contributed by atoms with Crippen molar-refractivity contribution in [3.05, 3.63) is 121 Å². The van der Waals surface area contributed by atoms with Gasteiger partial charge in [-0.3, -0.25) is 0 Å². The Bertz CT molecular complexity index is 2720. The minimum absolute atomic E-state index is 0.222. The van der Waals surface area contributed by atoms with Crippen LogP contribution in [0.5, 0.6) is 57.5 Å². The molecule has 10 heteroatoms. The van der Waals surface area contributed by atoms with E-state index in [1.807, 2.05) is 91.0 Å². The van der Waals surface area contributed by atoms with E-state index in [1.165, 1.54) is 0 Å². The predicted octanol–water partition coefficient (Wildman–Crippen LogP) is 9.69. The largest absolute Gasteiger partial charge is 0.504 e. The molecule has 0 aliphatic rings. The second kappa shape index (κ2) is 13.0. The average Bonchev–Trinajstić information content (AvgIpc) is 3.22. The van der Waals surface area contributed by atoms with Crippen LogP contribution in [0.1, 0.15) is 0 Å². The molecule has 0 saturated carbocycles. The summed E-state index contributed by atoms with van der Waals surface area (Å²) in [7, 11) is 1.62. The van der Waals surface area contributed by atoms with Crippen molar-refractivity contribution in [3.8, 4) is 113 Å². The third-order valence-corrected chi connectivity index (χ3v) is 9.96. The zero-order chi connectivity index (χ0) is 38.7. The normalized spacial score (nSPS) is 11.3. The molecule has 0 bridgehead atoms. The van der Waals surface area contributed by atoms with Crippen molar-refractivity contribution in [1.82, 2.24) is 0 Å². The van der Waals surface area contributed by atoms with Crippen LogP contribution in [-0.2, 0) is 0 Å². The van der Waals surface area contributed by atoms with Crippen LogP contribution >= 0.6 is 0 Å². The van der Waals surface area contributed by atoms with E-state index >= 15 is 0 Å². The number of benzene rings is 8. The Morgan fingerprint density at radius 3 is 1.09 bits per heavy atom. The number of phenolic OH excluding ortho intramolecular Hbond substituents is 9. The van der Waals surface area contributed by atoms with Crippen molar-refractivity contribution < 1.29 is 50.7 Å². The first kappa shape index (κ1) is 34.4. The summed E-state index contributed by atoms with van der Waals surface area (Å²) in [5.41, 5.74) is 3.10. The molecule has 0 aromatic heterocycles. The van der Waals surface area contributed by atoms with Gasteiger partial charge in [0.1, 0.15) is 5.75 Å². The van der Waals surface area contributed by atoms with E-state index in [4.69, 9.17) is 4.74 Å². The van der Waals surface area contributed by atoms with Crippen molar-refractivity contribution >= 4 is 21.5 Å². The highest BCUT2D eigenvalue weighted by atomic mass is 16.5. The minimum Gasteiger partial charge on any atom is -0.504 e. The standard InChI is InChI=1S/C45H32O10/c1-55-30-21-24(22-12-4-2-5-13-22)20-29(31(30)23-14-6-3-7-15-23)32-25-16-8-10-18-27(25)33(28-19-11-9-17-26(28)32)34-37(46)39(48)35(40(49)38(34)47)36-41(50)43(52)45(54)44(53)42(36)51/h2-21,46-54H,1H3. The lowest BCUT2D eigenvalue weighted by Gasteiger charge is -2.23. The minimum atomic E-state index is -1.29. The quantitative estimate of drug-likeness (QED) is 0.0452. The number of hydrogen-bond donors (Lipinski definition) is 9. The second-order valence-corrected chi connectivity index (χ2v) is 12.9. The molecular weight excluding hydrogens is 700 g/mol. The highest BCUT2D eigenvalue weighted by Gasteiger charge is 2.34. The van der Waals surface area contributed by atoms with E-state index < -0.39 is 62.9 Å². The van der Waals surface area contributed by atoms with E-state index in [0.29, 0.717) is 27.3 Å². The van der Waals surface area contributed by atoms with Gasteiger partial charge in [-0.15, -0.1) is 0 Å². The van der Waals surface area contributed by atoms with Crippen LogP contribution in [-0.4, -0.2) is 53.1 Å². The van der Waals surface area contributed by atoms with E-state index in [9.17, 15) is 46.0 Å². The Labute approximate surface area is 313 Å². The van der Waals surface area contributed by atoms with E-state index in [1.54, 1.807) is 31.4 Å². The summed E-state index contributed by atoms with van der Waals surface area (Å²) in [5.74, 6) is -9.91. The van der Waals surface area contributed by atoms with E-state index in [0.717, 1.165) is 33.4 Å². The van der Waals surface area contributed by atoms with Crippen molar-refractivity contribution in [2.24, 2.45) is 0 Å². The second-order valence-electron chi connectivity index (χ2n) is 12.9. The summed E-state index contributed by atoms with van der Waals surface area (Å²) in [6, 6.07) is 38.3. The molecule has 8 rings (SSSR count). The Morgan fingerprint density at radius 1 is 0.309 bits per heavy atom. The highest BCUT2D eigenvalue weighted by Crippen LogP contribution is 2.63. The molecule has 0 saturated heterocycles. The summed E-state index contributed by atoms with van der Waals surface area (Å²) >= 11 is 0. The number of methoxy groups -OCH3 is 1. The average molecular weight is 733 g/mol. The molecule has 0 aliphatic heterocycles. The molecule has 8 aromatic carbocycles. The number of ether oxygens (including phenoxy) is 1. The van der Waals surface area contributed by atoms with E-state index in [-0.39, 0.29) is 11.1 Å². The maximum atomic E-state index is 11.7. The molecular formula is C45H32O10. The number of phenols is 9. The van der Waals surface area contributed by atoms with Gasteiger partial charge in [0.2, 0.25) is 17.2 Å². The molecule has 0 unspecified atom stereocenters. The van der Waals surface area contributed by atoms with Gasteiger partial charge in [0, 0.05) is 11.1 Å². The van der Waals surface area contributed by atoms with Gasteiger partial charge in [-0.2, -0.15) is 0 Å². The molecule has 0 atom stereocenters. The van der Waals surface area contributed by atoms with Gasteiger partial charge in [-0.25, -0.2) is 0 Å². The zero-order valence-corrected chi connectivity index (χ0v) is 29.0. The molecule has 0 amide bonds. The van der Waals surface area contributed by atoms with Crippen LogP contribution in [0.4, 0.5) is 0 Å². The van der Waals surface area contributed by atoms with Crippen molar-refractivity contribution in [3.63, 3.8) is 0 Å². The van der Waals surface area contributed by atoms with Crippen LogP contribution in [0.15, 0.2) is 121 Å². The molecule has 8 aromatic rings. The maximum absolute atomic E-state index is 11.7. The van der Waals surface area contributed by atoms with Gasteiger partial charge < -0.3 is 50.7 Å². The fraction of sp³-hybridized carbons (Fsp3) is 0.0222. The van der Waals surface area contributed by atoms with Crippen LogP contribution in [0.3, 0.4) is 0 Å². The third kappa shape index (κ3) is 5.19. The van der Waals surface area contributed by atoms with Crippen LogP contribution in [0.2, 0.25) is 0 Å². The van der Waals surface area contributed by atoms with Gasteiger partial charge in [-0.1, -0.05) is 109 Å². The number of fused-ring (bicyclic) bond motifs is 2. The monoisotopic (exact) mass is 732 g/mol. The summed E-state index contributed by atoms with van der Waals surface area (Å²) in [6.45, 7) is 0. The van der Waals surface area contributed by atoms with Gasteiger partial charge in [-0.05, 0) is 61.5 Å². The number of hydrogen-bond acceptors (Lipinski definition) is 10. The number of aromatic hydroxyl groups is 9. The lowest BCUT2D eigenvalue weighted by molar-refractivity contribution is 0.329. The molecule has 0 radical (unpaired) electrons. The van der Waals surface area contributed by atoms with Gasteiger partial charge >= 0.3 is 0 Å². The molecule has 0 fully saturated rings. The van der Waals surface area contributed by atoms with Gasteiger partial charge in [0.25, 0.3) is 0 Å². The van der Waals surface area contributed by atoms with Crippen LogP contribution < -0.4 is 4.74 Å². The molecule has 55 heavy (non-hydrogen) atoms. The predicted molar refractivity (Wildman–Crippen MR) is 210 cm³/mol. The SMILES string of the molecule is COc1cc(-c2ccccc2)cc(-c2c3ccccc3c(-c3c(O)c(O)c(-c4c(O)c(O)c(O)c(O)c4O)c(O)c3O)c3ccccc23)c1-c1ccccc1. The smallest absolute Gasteiger partial charge is 0.208 e. The van der Waals surface area contributed by atoms with Gasteiger partial charge in [0.15, 0.2) is 34.5 Å². The molecule has 10 nitrogen and oxygen atoms in total. The third-order valence-electron chi connectivity index (χ3n) is 9.96. The first-order chi connectivity index (χ1) is 26.5. The van der Waals surface area contributed by atoms with Crippen molar-refractivity contribution in [1.29, 1.82) is 0 Å². The Morgan fingerprint density at radius 2 is 0.655 bits per heavy atom. The van der Waals surface area contributed by atoms with E-state index in [2.05, 4.69) is 6.07 Å². The Kier molecular flexibility index (Phi) is 8.15. The summed E-state index contributed by atoms with van der Waals surface area (Å²) in [5, 5.41) is 100. The molecule has 0 aliphatic carbocycles. The lowest BCUT2D eigenvalue weighted by atomic mass is 9.82. The maximum Gasteiger partial charge on any atom is 0.208 e. The highest BCUT2D eigenvalue weighted by molar-refractivity contribution is 6.24. The van der Waals surface area contributed by atoms with Crippen molar-refractivity contribution in [2.45, 2.75) is 0 Å². The molecule has 0 heterocycles. The van der Waals surface area contributed by atoms with Crippen LogP contribution in [0, 0.1) is 0 Å². The molecule has 9 N–H and O–H groups in total. The zero-order valence-electron chi connectivity index (χ0n) is 29.0. The molecule has 0 spiro atoms. The topological polar surface area (TPSA) is 191 Å². The molecule has 272 valence electrons. The van der Waals surface area contributed by atoms with Gasteiger partial charge in [0.05, 0.1) is 23.8 Å². The fourth-order valence-electron chi connectivity index (χ4n) is 7.46. The first-order valence-corrected chi connectivity index (χ1v) is 17.0.